The van der Waals surface area contributed by atoms with E-state index in [2.05, 4.69) is 9.98 Å². The van der Waals surface area contributed by atoms with E-state index >= 15 is 0 Å². The Hall–Kier alpha value is -2.15. The van der Waals surface area contributed by atoms with Crippen molar-refractivity contribution < 1.29 is 9.13 Å². The molecular formula is C11H11FN4OS. The van der Waals surface area contributed by atoms with Gasteiger partial charge in [0.1, 0.15) is 11.6 Å². The number of halogens is 1. The highest BCUT2D eigenvalue weighted by Gasteiger charge is 2.10. The average molecular weight is 266 g/mol. The summed E-state index contributed by atoms with van der Waals surface area (Å²) in [5, 5.41) is 2.08. The highest BCUT2D eigenvalue weighted by Crippen LogP contribution is 2.30. The van der Waals surface area contributed by atoms with Crippen LogP contribution in [0, 0.1) is 5.82 Å². The fraction of sp³-hybridized carbons (Fsp3) is 0.0909. The maximum atomic E-state index is 13.8. The number of benzene rings is 1. The summed E-state index contributed by atoms with van der Waals surface area (Å²) in [5.41, 5.74) is 11.4. The zero-order chi connectivity index (χ0) is 13.1. The number of ether oxygens (including phenoxy) is 1. The van der Waals surface area contributed by atoms with E-state index < -0.39 is 5.82 Å². The summed E-state index contributed by atoms with van der Waals surface area (Å²) in [7, 11) is 1.48. The third-order valence-electron chi connectivity index (χ3n) is 2.17. The molecular weight excluding hydrogens is 255 g/mol. The molecule has 0 aliphatic heterocycles. The van der Waals surface area contributed by atoms with Crippen LogP contribution in [0.4, 0.5) is 9.52 Å². The van der Waals surface area contributed by atoms with E-state index in [1.54, 1.807) is 17.5 Å². The van der Waals surface area contributed by atoms with Gasteiger partial charge in [0.25, 0.3) is 0 Å². The zero-order valence-corrected chi connectivity index (χ0v) is 10.4. The predicted octanol–water partition coefficient (Wildman–Crippen LogP) is 1.86. The van der Waals surface area contributed by atoms with Crippen molar-refractivity contribution in [3.8, 4) is 17.0 Å². The quantitative estimate of drug-likeness (QED) is 0.655. The average Bonchev–Trinajstić information content (AvgIpc) is 2.76. The number of aromatic nitrogens is 1. The summed E-state index contributed by atoms with van der Waals surface area (Å²) in [6.07, 6.45) is 0. The number of hydrogen-bond acceptors (Lipinski definition) is 4. The van der Waals surface area contributed by atoms with Crippen molar-refractivity contribution in [3.63, 3.8) is 0 Å². The van der Waals surface area contributed by atoms with Gasteiger partial charge in [0.05, 0.1) is 12.8 Å². The fourth-order valence-electron chi connectivity index (χ4n) is 1.38. The second kappa shape index (κ2) is 5.01. The third-order valence-corrected chi connectivity index (χ3v) is 2.90. The minimum atomic E-state index is -0.407. The fourth-order valence-corrected chi connectivity index (χ4v) is 2.09. The molecule has 7 heteroatoms. The number of guanidine groups is 1. The first-order valence-corrected chi connectivity index (χ1v) is 5.87. The van der Waals surface area contributed by atoms with Crippen molar-refractivity contribution in [1.29, 1.82) is 0 Å². The van der Waals surface area contributed by atoms with Crippen LogP contribution in [0.3, 0.4) is 0 Å². The van der Waals surface area contributed by atoms with Gasteiger partial charge in [-0.05, 0) is 12.1 Å². The normalized spacial score (nSPS) is 10.1. The van der Waals surface area contributed by atoms with Crippen LogP contribution in [0.15, 0.2) is 28.6 Å². The minimum Gasteiger partial charge on any atom is -0.497 e. The van der Waals surface area contributed by atoms with E-state index in [9.17, 15) is 4.39 Å². The standard InChI is InChI=1S/C11H11FN4OS/c1-17-6-2-3-7(8(12)4-6)9-5-18-11(15-9)16-10(13)14/h2-5H,1H3,(H4,13,14,15,16). The molecule has 0 atom stereocenters. The van der Waals surface area contributed by atoms with Crippen molar-refractivity contribution in [1.82, 2.24) is 4.98 Å². The highest BCUT2D eigenvalue weighted by atomic mass is 32.1. The first-order valence-electron chi connectivity index (χ1n) is 4.99. The van der Waals surface area contributed by atoms with Gasteiger partial charge >= 0.3 is 0 Å². The number of hydrogen-bond donors (Lipinski definition) is 2. The van der Waals surface area contributed by atoms with Crippen LogP contribution in [0.25, 0.3) is 11.3 Å². The molecule has 94 valence electrons. The lowest BCUT2D eigenvalue weighted by molar-refractivity contribution is 0.411. The van der Waals surface area contributed by atoms with Crippen LogP contribution < -0.4 is 16.2 Å². The molecule has 2 rings (SSSR count). The first-order chi connectivity index (χ1) is 8.60. The SMILES string of the molecule is COc1ccc(-c2csc(N=C(N)N)n2)c(F)c1. The lowest BCUT2D eigenvalue weighted by atomic mass is 10.1. The van der Waals surface area contributed by atoms with Crippen molar-refractivity contribution in [2.24, 2.45) is 16.5 Å². The van der Waals surface area contributed by atoms with Gasteiger partial charge in [-0.2, -0.15) is 4.99 Å². The molecule has 0 saturated heterocycles. The van der Waals surface area contributed by atoms with E-state index in [0.717, 1.165) is 0 Å². The molecule has 0 saturated carbocycles. The van der Waals surface area contributed by atoms with Gasteiger partial charge in [0, 0.05) is 17.0 Å². The molecule has 0 bridgehead atoms. The van der Waals surface area contributed by atoms with Crippen LogP contribution in [-0.2, 0) is 0 Å². The molecule has 1 heterocycles. The lowest BCUT2D eigenvalue weighted by Crippen LogP contribution is -2.21. The Morgan fingerprint density at radius 1 is 1.44 bits per heavy atom. The number of nitrogens with two attached hydrogens (primary N) is 2. The molecule has 0 amide bonds. The van der Waals surface area contributed by atoms with Crippen LogP contribution in [0.2, 0.25) is 0 Å². The van der Waals surface area contributed by atoms with Crippen LogP contribution in [0.5, 0.6) is 5.75 Å². The second-order valence-corrected chi connectivity index (χ2v) is 4.23. The molecule has 4 N–H and O–H groups in total. The number of methoxy groups -OCH3 is 1. The first kappa shape index (κ1) is 12.3. The van der Waals surface area contributed by atoms with E-state index in [0.29, 0.717) is 22.1 Å². The molecule has 1 aromatic carbocycles. The Morgan fingerprint density at radius 3 is 2.83 bits per heavy atom. The summed E-state index contributed by atoms with van der Waals surface area (Å²) in [4.78, 5) is 7.93. The molecule has 0 radical (unpaired) electrons. The molecule has 0 spiro atoms. The zero-order valence-electron chi connectivity index (χ0n) is 9.55. The molecule has 0 aliphatic carbocycles. The predicted molar refractivity (Wildman–Crippen MR) is 69.5 cm³/mol. The van der Waals surface area contributed by atoms with Gasteiger partial charge in [-0.15, -0.1) is 11.3 Å². The monoisotopic (exact) mass is 266 g/mol. The van der Waals surface area contributed by atoms with Gasteiger partial charge in [-0.3, -0.25) is 0 Å². The molecule has 0 aliphatic rings. The van der Waals surface area contributed by atoms with E-state index in [1.165, 1.54) is 24.5 Å². The second-order valence-electron chi connectivity index (χ2n) is 3.40. The maximum absolute atomic E-state index is 13.8. The Morgan fingerprint density at radius 2 is 2.22 bits per heavy atom. The van der Waals surface area contributed by atoms with Crippen molar-refractivity contribution in [2.75, 3.05) is 7.11 Å². The topological polar surface area (TPSA) is 86.5 Å². The van der Waals surface area contributed by atoms with Gasteiger partial charge < -0.3 is 16.2 Å². The smallest absolute Gasteiger partial charge is 0.212 e. The van der Waals surface area contributed by atoms with Gasteiger partial charge in [-0.25, -0.2) is 9.37 Å². The van der Waals surface area contributed by atoms with E-state index in [4.69, 9.17) is 16.2 Å². The summed E-state index contributed by atoms with van der Waals surface area (Å²) < 4.78 is 18.7. The molecule has 0 unspecified atom stereocenters. The van der Waals surface area contributed by atoms with Crippen LogP contribution in [-0.4, -0.2) is 18.1 Å². The molecule has 0 fully saturated rings. The third kappa shape index (κ3) is 2.57. The summed E-state index contributed by atoms with van der Waals surface area (Å²) in [6, 6.07) is 4.56. The Kier molecular flexibility index (Phi) is 3.42. The lowest BCUT2D eigenvalue weighted by Gasteiger charge is -2.02. The summed E-state index contributed by atoms with van der Waals surface area (Å²) in [5.74, 6) is -0.0297. The molecule has 1 aromatic heterocycles. The van der Waals surface area contributed by atoms with E-state index in [-0.39, 0.29) is 5.96 Å². The maximum Gasteiger partial charge on any atom is 0.212 e. The number of nitrogens with zero attached hydrogens (tertiary/aromatic N) is 2. The Bertz CT molecular complexity index is 592. The number of aliphatic imine (C=N–C) groups is 1. The van der Waals surface area contributed by atoms with Crippen molar-refractivity contribution in [2.45, 2.75) is 0 Å². The Balaban J connectivity index is 2.37. The van der Waals surface area contributed by atoms with Crippen molar-refractivity contribution in [3.05, 3.63) is 29.4 Å². The number of rotatable bonds is 3. The van der Waals surface area contributed by atoms with Crippen LogP contribution >= 0.6 is 11.3 Å². The Labute approximate surface area is 107 Å². The molecule has 5 nitrogen and oxygen atoms in total. The van der Waals surface area contributed by atoms with E-state index in [1.807, 2.05) is 0 Å². The number of thiazole rings is 1. The van der Waals surface area contributed by atoms with Crippen LogP contribution in [0.1, 0.15) is 0 Å². The highest BCUT2D eigenvalue weighted by molar-refractivity contribution is 7.13. The largest absolute Gasteiger partial charge is 0.497 e. The minimum absolute atomic E-state index is 0.0777. The summed E-state index contributed by atoms with van der Waals surface area (Å²) in [6.45, 7) is 0. The summed E-state index contributed by atoms with van der Waals surface area (Å²) >= 11 is 1.23. The molecule has 18 heavy (non-hydrogen) atoms. The van der Waals surface area contributed by atoms with Gasteiger partial charge in [0.15, 0.2) is 5.96 Å². The molecule has 2 aromatic rings. The van der Waals surface area contributed by atoms with Crippen molar-refractivity contribution >= 4 is 22.4 Å². The van der Waals surface area contributed by atoms with Gasteiger partial charge in [0.2, 0.25) is 5.13 Å². The van der Waals surface area contributed by atoms with Gasteiger partial charge in [-0.1, -0.05) is 0 Å².